The Morgan fingerprint density at radius 1 is 1.47 bits per heavy atom. The summed E-state index contributed by atoms with van der Waals surface area (Å²) >= 11 is 2.24. The Morgan fingerprint density at radius 3 is 2.67 bits per heavy atom. The topological polar surface area (TPSA) is 37.8 Å². The molecule has 0 saturated heterocycles. The Balaban J connectivity index is 2.62. The van der Waals surface area contributed by atoms with Crippen molar-refractivity contribution in [2.24, 2.45) is 11.3 Å². The molecule has 3 nitrogen and oxygen atoms in total. The molecule has 0 radical (unpaired) electrons. The molecule has 1 N–H and O–H groups in total. The van der Waals surface area contributed by atoms with E-state index in [0.717, 1.165) is 15.9 Å². The molecule has 0 aliphatic rings. The van der Waals surface area contributed by atoms with Crippen LogP contribution in [0.25, 0.3) is 0 Å². The van der Waals surface area contributed by atoms with Gasteiger partial charge in [-0.25, -0.2) is 9.97 Å². The quantitative estimate of drug-likeness (QED) is 0.866. The SMILES string of the molecule is CC(C)C(C)(C)CNc1ncncc1I. The Morgan fingerprint density at radius 2 is 2.13 bits per heavy atom. The Bertz CT molecular complexity index is 323. The minimum absolute atomic E-state index is 0.272. The highest BCUT2D eigenvalue weighted by molar-refractivity contribution is 14.1. The standard InChI is InChI=1S/C11H18IN3/c1-8(2)11(3,4)6-14-10-9(12)5-13-7-15-10/h5,7-8H,6H2,1-4H3,(H,13,14,15). The van der Waals surface area contributed by atoms with Gasteiger partial charge in [-0.05, 0) is 33.9 Å². The molecule has 84 valence electrons. The van der Waals surface area contributed by atoms with Gasteiger partial charge < -0.3 is 5.32 Å². The Kier molecular flexibility index (Phi) is 4.31. The zero-order valence-electron chi connectivity index (χ0n) is 9.71. The van der Waals surface area contributed by atoms with E-state index < -0.39 is 0 Å². The summed E-state index contributed by atoms with van der Waals surface area (Å²) in [7, 11) is 0. The molecule has 0 spiro atoms. The number of nitrogens with zero attached hydrogens (tertiary/aromatic N) is 2. The van der Waals surface area contributed by atoms with Crippen molar-refractivity contribution >= 4 is 28.4 Å². The summed E-state index contributed by atoms with van der Waals surface area (Å²) < 4.78 is 1.06. The molecule has 0 bridgehead atoms. The average Bonchev–Trinajstić information content (AvgIpc) is 2.16. The van der Waals surface area contributed by atoms with E-state index in [4.69, 9.17) is 0 Å². The Hall–Kier alpha value is -0.390. The third kappa shape index (κ3) is 3.59. The molecular weight excluding hydrogens is 301 g/mol. The molecule has 0 amide bonds. The summed E-state index contributed by atoms with van der Waals surface area (Å²) in [5.74, 6) is 1.57. The van der Waals surface area contributed by atoms with E-state index in [-0.39, 0.29) is 5.41 Å². The van der Waals surface area contributed by atoms with Crippen molar-refractivity contribution in [2.45, 2.75) is 27.7 Å². The van der Waals surface area contributed by atoms with E-state index in [2.05, 4.69) is 65.6 Å². The van der Waals surface area contributed by atoms with Gasteiger partial charge in [0.25, 0.3) is 0 Å². The van der Waals surface area contributed by atoms with Crippen LogP contribution < -0.4 is 5.32 Å². The molecule has 0 unspecified atom stereocenters. The Labute approximate surface area is 105 Å². The molecule has 0 aromatic carbocycles. The van der Waals surface area contributed by atoms with Gasteiger partial charge in [0.05, 0.1) is 3.57 Å². The summed E-state index contributed by atoms with van der Waals surface area (Å²) in [4.78, 5) is 8.18. The highest BCUT2D eigenvalue weighted by Crippen LogP contribution is 2.26. The van der Waals surface area contributed by atoms with Gasteiger partial charge in [-0.2, -0.15) is 0 Å². The van der Waals surface area contributed by atoms with Crippen LogP contribution in [0.4, 0.5) is 5.82 Å². The molecular formula is C11H18IN3. The van der Waals surface area contributed by atoms with Gasteiger partial charge in [0.2, 0.25) is 0 Å². The highest BCUT2D eigenvalue weighted by atomic mass is 127. The van der Waals surface area contributed by atoms with E-state index in [1.807, 2.05) is 6.20 Å². The second-order valence-corrected chi connectivity index (χ2v) is 5.88. The van der Waals surface area contributed by atoms with Crippen LogP contribution in [0.2, 0.25) is 0 Å². The summed E-state index contributed by atoms with van der Waals surface area (Å²) in [6.07, 6.45) is 3.39. The van der Waals surface area contributed by atoms with Crippen molar-refractivity contribution in [3.8, 4) is 0 Å². The van der Waals surface area contributed by atoms with Crippen LogP contribution in [0.3, 0.4) is 0 Å². The number of rotatable bonds is 4. The second kappa shape index (κ2) is 5.09. The third-order valence-electron chi connectivity index (χ3n) is 2.94. The highest BCUT2D eigenvalue weighted by Gasteiger charge is 2.22. The van der Waals surface area contributed by atoms with Gasteiger partial charge in [0.15, 0.2) is 0 Å². The van der Waals surface area contributed by atoms with Crippen LogP contribution in [0.15, 0.2) is 12.5 Å². The van der Waals surface area contributed by atoms with Crippen molar-refractivity contribution in [1.82, 2.24) is 9.97 Å². The van der Waals surface area contributed by atoms with Crippen molar-refractivity contribution in [3.05, 3.63) is 16.1 Å². The predicted molar refractivity (Wildman–Crippen MR) is 71.9 cm³/mol. The summed E-state index contributed by atoms with van der Waals surface area (Å²) in [6.45, 7) is 9.94. The molecule has 0 atom stereocenters. The molecule has 0 aliphatic heterocycles. The lowest BCUT2D eigenvalue weighted by Crippen LogP contribution is -2.29. The first-order valence-electron chi connectivity index (χ1n) is 5.13. The molecule has 0 aliphatic carbocycles. The summed E-state index contributed by atoms with van der Waals surface area (Å²) in [5.41, 5.74) is 0.272. The number of nitrogens with one attached hydrogen (secondary N) is 1. The van der Waals surface area contributed by atoms with Crippen molar-refractivity contribution in [2.75, 3.05) is 11.9 Å². The lowest BCUT2D eigenvalue weighted by atomic mass is 9.81. The fourth-order valence-corrected chi connectivity index (χ4v) is 1.45. The van der Waals surface area contributed by atoms with Crippen LogP contribution in [-0.4, -0.2) is 16.5 Å². The number of hydrogen-bond donors (Lipinski definition) is 1. The van der Waals surface area contributed by atoms with E-state index in [1.54, 1.807) is 6.33 Å². The van der Waals surface area contributed by atoms with Crippen molar-refractivity contribution < 1.29 is 0 Å². The number of halogens is 1. The first-order valence-corrected chi connectivity index (χ1v) is 6.21. The molecule has 15 heavy (non-hydrogen) atoms. The lowest BCUT2D eigenvalue weighted by Gasteiger charge is -2.29. The normalized spacial score (nSPS) is 11.9. The largest absolute Gasteiger partial charge is 0.369 e. The average molecular weight is 319 g/mol. The first-order chi connectivity index (χ1) is 6.93. The van der Waals surface area contributed by atoms with Gasteiger partial charge in [-0.3, -0.25) is 0 Å². The van der Waals surface area contributed by atoms with Crippen LogP contribution >= 0.6 is 22.6 Å². The van der Waals surface area contributed by atoms with E-state index in [9.17, 15) is 0 Å². The van der Waals surface area contributed by atoms with Crippen molar-refractivity contribution in [1.29, 1.82) is 0 Å². The fourth-order valence-electron chi connectivity index (χ4n) is 0.958. The van der Waals surface area contributed by atoms with Gasteiger partial charge >= 0.3 is 0 Å². The zero-order chi connectivity index (χ0) is 11.5. The van der Waals surface area contributed by atoms with Crippen LogP contribution in [-0.2, 0) is 0 Å². The van der Waals surface area contributed by atoms with Gasteiger partial charge in [0.1, 0.15) is 12.1 Å². The maximum absolute atomic E-state index is 4.21. The van der Waals surface area contributed by atoms with Gasteiger partial charge in [0, 0.05) is 12.7 Å². The van der Waals surface area contributed by atoms with Gasteiger partial charge in [-0.15, -0.1) is 0 Å². The second-order valence-electron chi connectivity index (χ2n) is 4.72. The van der Waals surface area contributed by atoms with Crippen molar-refractivity contribution in [3.63, 3.8) is 0 Å². The third-order valence-corrected chi connectivity index (χ3v) is 3.73. The summed E-state index contributed by atoms with van der Waals surface area (Å²) in [6, 6.07) is 0. The lowest BCUT2D eigenvalue weighted by molar-refractivity contribution is 0.269. The predicted octanol–water partition coefficient (Wildman–Crippen LogP) is 3.18. The molecule has 1 aromatic rings. The maximum atomic E-state index is 4.21. The molecule has 4 heteroatoms. The number of anilines is 1. The number of aromatic nitrogens is 2. The molecule has 1 rings (SSSR count). The fraction of sp³-hybridized carbons (Fsp3) is 0.636. The number of hydrogen-bond acceptors (Lipinski definition) is 3. The van der Waals surface area contributed by atoms with Gasteiger partial charge in [-0.1, -0.05) is 27.7 Å². The maximum Gasteiger partial charge on any atom is 0.142 e. The molecule has 1 aromatic heterocycles. The summed E-state index contributed by atoms with van der Waals surface area (Å²) in [5, 5.41) is 3.38. The zero-order valence-corrected chi connectivity index (χ0v) is 11.9. The molecule has 0 saturated carbocycles. The van der Waals surface area contributed by atoms with Crippen LogP contribution in [0.5, 0.6) is 0 Å². The molecule has 0 fully saturated rings. The van der Waals surface area contributed by atoms with E-state index >= 15 is 0 Å². The monoisotopic (exact) mass is 319 g/mol. The van der Waals surface area contributed by atoms with Crippen LogP contribution in [0, 0.1) is 14.9 Å². The minimum Gasteiger partial charge on any atom is -0.369 e. The van der Waals surface area contributed by atoms with E-state index in [1.165, 1.54) is 0 Å². The van der Waals surface area contributed by atoms with E-state index in [0.29, 0.717) is 5.92 Å². The minimum atomic E-state index is 0.272. The molecule has 1 heterocycles. The smallest absolute Gasteiger partial charge is 0.142 e. The first kappa shape index (κ1) is 12.7. The van der Waals surface area contributed by atoms with Crippen LogP contribution in [0.1, 0.15) is 27.7 Å².